The van der Waals surface area contributed by atoms with Gasteiger partial charge >= 0.3 is 0 Å². The average molecular weight is 414 g/mol. The molecule has 0 bridgehead atoms. The summed E-state index contributed by atoms with van der Waals surface area (Å²) in [5.41, 5.74) is 5.63. The van der Waals surface area contributed by atoms with Gasteiger partial charge < -0.3 is 19.3 Å². The van der Waals surface area contributed by atoms with Crippen molar-refractivity contribution in [1.29, 1.82) is 5.26 Å². The molecule has 6 rings (SSSR count). The van der Waals surface area contributed by atoms with Crippen LogP contribution in [0.5, 0.6) is 11.5 Å². The van der Waals surface area contributed by atoms with E-state index in [9.17, 15) is 5.26 Å². The first-order chi connectivity index (χ1) is 15.1. The van der Waals surface area contributed by atoms with Gasteiger partial charge in [-0.05, 0) is 39.1 Å². The van der Waals surface area contributed by atoms with Crippen LogP contribution in [0, 0.1) is 18.3 Å². The number of likely N-dealkylation sites (N-methyl/N-ethyl adjacent to an activating group) is 1. The highest BCUT2D eigenvalue weighted by Gasteiger charge is 2.23. The van der Waals surface area contributed by atoms with Crippen molar-refractivity contribution in [3.05, 3.63) is 35.5 Å². The quantitative estimate of drug-likeness (QED) is 0.474. The second-order valence-corrected chi connectivity index (χ2v) is 8.30. The van der Waals surface area contributed by atoms with E-state index < -0.39 is 0 Å². The fourth-order valence-electron chi connectivity index (χ4n) is 4.66. The van der Waals surface area contributed by atoms with Crippen molar-refractivity contribution >= 4 is 33.4 Å². The molecular weight excluding hydrogens is 392 g/mol. The van der Waals surface area contributed by atoms with E-state index in [4.69, 9.17) is 19.4 Å². The van der Waals surface area contributed by atoms with E-state index in [0.29, 0.717) is 22.7 Å². The molecule has 0 radical (unpaired) electrons. The molecule has 2 aliphatic rings. The van der Waals surface area contributed by atoms with Gasteiger partial charge in [0.25, 0.3) is 0 Å². The predicted octanol–water partition coefficient (Wildman–Crippen LogP) is 3.09. The Hall–Kier alpha value is -3.57. The van der Waals surface area contributed by atoms with Gasteiger partial charge in [0.15, 0.2) is 17.1 Å². The number of aromatic nitrogens is 3. The number of anilines is 1. The standard InChI is InChI=1S/C23H22N6O2/c1-14-8-18(28-5-3-4-27(2)6-7-28)16-9-15(12-24)22-26-17-10-20-21(31-13-30-20)11-19(17)29(22)23(16)25-14/h8-11H,3-7,13H2,1-2H3. The molecule has 0 spiro atoms. The van der Waals surface area contributed by atoms with Gasteiger partial charge in [-0.2, -0.15) is 5.26 Å². The van der Waals surface area contributed by atoms with Gasteiger partial charge in [-0.1, -0.05) is 0 Å². The monoisotopic (exact) mass is 414 g/mol. The lowest BCUT2D eigenvalue weighted by Gasteiger charge is -2.25. The van der Waals surface area contributed by atoms with Gasteiger partial charge in [-0.15, -0.1) is 0 Å². The van der Waals surface area contributed by atoms with Crippen molar-refractivity contribution in [3.8, 4) is 17.6 Å². The third kappa shape index (κ3) is 2.77. The molecule has 2 aliphatic heterocycles. The highest BCUT2D eigenvalue weighted by atomic mass is 16.7. The SMILES string of the molecule is Cc1cc(N2CCCN(C)CC2)c2cc(C#N)c3nc4cc5c(cc4n3c2n1)OCO5. The van der Waals surface area contributed by atoms with E-state index in [1.807, 2.05) is 29.5 Å². The Balaban J connectivity index is 1.68. The van der Waals surface area contributed by atoms with Crippen LogP contribution in [0.15, 0.2) is 24.3 Å². The number of hydrogen-bond acceptors (Lipinski definition) is 7. The van der Waals surface area contributed by atoms with Crippen LogP contribution in [0.2, 0.25) is 0 Å². The molecular formula is C23H22N6O2. The zero-order valence-electron chi connectivity index (χ0n) is 17.6. The highest BCUT2D eigenvalue weighted by molar-refractivity contribution is 5.98. The van der Waals surface area contributed by atoms with Crippen molar-refractivity contribution in [2.75, 3.05) is 44.9 Å². The maximum atomic E-state index is 9.93. The number of benzene rings is 1. The number of rotatable bonds is 1. The third-order valence-electron chi connectivity index (χ3n) is 6.22. The second-order valence-electron chi connectivity index (χ2n) is 8.30. The molecule has 8 heteroatoms. The summed E-state index contributed by atoms with van der Waals surface area (Å²) in [4.78, 5) is 14.4. The van der Waals surface area contributed by atoms with Crippen LogP contribution in [0.25, 0.3) is 27.7 Å². The lowest BCUT2D eigenvalue weighted by Crippen LogP contribution is -2.29. The Bertz CT molecular complexity index is 1400. The molecule has 0 aliphatic carbocycles. The fraction of sp³-hybridized carbons (Fsp3) is 0.348. The molecule has 8 nitrogen and oxygen atoms in total. The molecule has 4 aromatic rings. The van der Waals surface area contributed by atoms with E-state index in [0.717, 1.165) is 66.0 Å². The largest absolute Gasteiger partial charge is 0.454 e. The Morgan fingerprint density at radius 3 is 2.65 bits per heavy atom. The fourth-order valence-corrected chi connectivity index (χ4v) is 4.66. The summed E-state index contributed by atoms with van der Waals surface area (Å²) in [5.74, 6) is 1.37. The van der Waals surface area contributed by atoms with Crippen LogP contribution >= 0.6 is 0 Å². The Morgan fingerprint density at radius 1 is 0.968 bits per heavy atom. The molecule has 5 heterocycles. The number of nitrogens with zero attached hydrogens (tertiary/aromatic N) is 6. The van der Waals surface area contributed by atoms with Crippen LogP contribution in [0.4, 0.5) is 5.69 Å². The molecule has 1 aromatic carbocycles. The molecule has 0 atom stereocenters. The minimum Gasteiger partial charge on any atom is -0.454 e. The van der Waals surface area contributed by atoms with Crippen molar-refractivity contribution in [3.63, 3.8) is 0 Å². The Kier molecular flexibility index (Phi) is 3.95. The maximum absolute atomic E-state index is 9.93. The van der Waals surface area contributed by atoms with Gasteiger partial charge in [0.05, 0.1) is 16.6 Å². The summed E-state index contributed by atoms with van der Waals surface area (Å²) in [6.07, 6.45) is 1.10. The van der Waals surface area contributed by atoms with Crippen molar-refractivity contribution in [1.82, 2.24) is 19.3 Å². The Morgan fingerprint density at radius 2 is 1.81 bits per heavy atom. The number of ether oxygens (including phenoxy) is 2. The first-order valence-corrected chi connectivity index (χ1v) is 10.5. The van der Waals surface area contributed by atoms with E-state index in [2.05, 4.69) is 29.0 Å². The number of imidazole rings is 1. The number of pyridine rings is 2. The summed E-state index contributed by atoms with van der Waals surface area (Å²) in [5, 5.41) is 10.9. The molecule has 0 amide bonds. The summed E-state index contributed by atoms with van der Waals surface area (Å²) < 4.78 is 13.1. The number of fused-ring (bicyclic) bond motifs is 6. The molecule has 0 saturated carbocycles. The zero-order valence-corrected chi connectivity index (χ0v) is 17.6. The molecule has 156 valence electrons. The smallest absolute Gasteiger partial charge is 0.231 e. The highest BCUT2D eigenvalue weighted by Crippen LogP contribution is 2.38. The predicted molar refractivity (Wildman–Crippen MR) is 118 cm³/mol. The van der Waals surface area contributed by atoms with Crippen molar-refractivity contribution in [2.24, 2.45) is 0 Å². The Labute approximate surface area is 179 Å². The van der Waals surface area contributed by atoms with Gasteiger partial charge in [0.2, 0.25) is 6.79 Å². The molecule has 1 saturated heterocycles. The zero-order chi connectivity index (χ0) is 21.1. The van der Waals surface area contributed by atoms with Crippen LogP contribution in [-0.2, 0) is 0 Å². The molecule has 31 heavy (non-hydrogen) atoms. The second kappa shape index (κ2) is 6.72. The number of hydrogen-bond donors (Lipinski definition) is 0. The van der Waals surface area contributed by atoms with Gasteiger partial charge in [-0.3, -0.25) is 4.40 Å². The van der Waals surface area contributed by atoms with E-state index in [-0.39, 0.29) is 6.79 Å². The summed E-state index contributed by atoms with van der Waals surface area (Å²) in [7, 11) is 2.17. The summed E-state index contributed by atoms with van der Waals surface area (Å²) >= 11 is 0. The first-order valence-electron chi connectivity index (χ1n) is 10.5. The van der Waals surface area contributed by atoms with Gasteiger partial charge in [-0.25, -0.2) is 9.97 Å². The van der Waals surface area contributed by atoms with E-state index >= 15 is 0 Å². The minimum absolute atomic E-state index is 0.208. The maximum Gasteiger partial charge on any atom is 0.231 e. The first kappa shape index (κ1) is 18.2. The van der Waals surface area contributed by atoms with Crippen LogP contribution < -0.4 is 14.4 Å². The minimum atomic E-state index is 0.208. The number of nitriles is 1. The molecule has 1 fully saturated rings. The van der Waals surface area contributed by atoms with Gasteiger partial charge in [0, 0.05) is 48.5 Å². The topological polar surface area (TPSA) is 78.9 Å². The lowest BCUT2D eigenvalue weighted by atomic mass is 10.1. The van der Waals surface area contributed by atoms with Crippen LogP contribution in [0.3, 0.4) is 0 Å². The average Bonchev–Trinajstić information content (AvgIpc) is 3.30. The van der Waals surface area contributed by atoms with Gasteiger partial charge in [0.1, 0.15) is 11.7 Å². The van der Waals surface area contributed by atoms with Crippen LogP contribution in [-0.4, -0.2) is 59.3 Å². The van der Waals surface area contributed by atoms with Crippen LogP contribution in [0.1, 0.15) is 17.7 Å². The lowest BCUT2D eigenvalue weighted by molar-refractivity contribution is 0.174. The van der Waals surface area contributed by atoms with Crippen molar-refractivity contribution in [2.45, 2.75) is 13.3 Å². The van der Waals surface area contributed by atoms with Crippen molar-refractivity contribution < 1.29 is 9.47 Å². The third-order valence-corrected chi connectivity index (χ3v) is 6.22. The molecule has 3 aromatic heterocycles. The van der Waals surface area contributed by atoms with E-state index in [1.165, 1.54) is 0 Å². The summed E-state index contributed by atoms with van der Waals surface area (Å²) in [6, 6.07) is 10.2. The molecule has 0 unspecified atom stereocenters. The number of aryl methyl sites for hydroxylation is 1. The molecule has 0 N–H and O–H groups in total. The summed E-state index contributed by atoms with van der Waals surface area (Å²) in [6.45, 7) is 6.24. The normalized spacial score (nSPS) is 16.9. The van der Waals surface area contributed by atoms with E-state index in [1.54, 1.807) is 0 Å².